The van der Waals surface area contributed by atoms with Crippen LogP contribution in [0.3, 0.4) is 0 Å². The monoisotopic (exact) mass is 322 g/mol. The van der Waals surface area contributed by atoms with Gasteiger partial charge < -0.3 is 20.2 Å². The highest BCUT2D eigenvalue weighted by Crippen LogP contribution is 2.15. The zero-order chi connectivity index (χ0) is 17.0. The molecule has 0 spiro atoms. The first-order chi connectivity index (χ1) is 10.9. The van der Waals surface area contributed by atoms with Crippen molar-refractivity contribution in [2.75, 3.05) is 12.4 Å². The Labute approximate surface area is 130 Å². The number of nitrogens with one attached hydrogen (secondary N) is 1. The van der Waals surface area contributed by atoms with E-state index in [4.69, 9.17) is 0 Å². The lowest BCUT2D eigenvalue weighted by Crippen LogP contribution is -2.18. The van der Waals surface area contributed by atoms with E-state index in [0.29, 0.717) is 0 Å². The largest absolute Gasteiger partial charge is 0.464 e. The number of methoxy groups -OCH3 is 1. The van der Waals surface area contributed by atoms with E-state index in [1.807, 2.05) is 0 Å². The number of nitro groups is 1. The van der Waals surface area contributed by atoms with Crippen LogP contribution < -0.4 is 5.32 Å². The molecule has 1 amide bonds. The molecule has 2 aromatic heterocycles. The number of aryl methyl sites for hydroxylation is 2. The molecule has 0 saturated heterocycles. The van der Waals surface area contributed by atoms with Gasteiger partial charge in [-0.25, -0.2) is 4.79 Å². The number of amides is 1. The Hall–Kier alpha value is -3.24. The molecule has 11 heteroatoms. The van der Waals surface area contributed by atoms with Gasteiger partial charge in [0.15, 0.2) is 5.69 Å². The number of ether oxygens (including phenoxy) is 1. The van der Waals surface area contributed by atoms with Gasteiger partial charge in [-0.05, 0) is 4.92 Å². The molecule has 0 aromatic carbocycles. The van der Waals surface area contributed by atoms with Crippen molar-refractivity contribution in [2.24, 2.45) is 7.05 Å². The molecular weight excluding hydrogens is 308 g/mol. The highest BCUT2D eigenvalue weighted by atomic mass is 16.6. The van der Waals surface area contributed by atoms with Gasteiger partial charge in [0.2, 0.25) is 5.91 Å². The van der Waals surface area contributed by atoms with Crippen LogP contribution >= 0.6 is 0 Å². The van der Waals surface area contributed by atoms with Gasteiger partial charge in [0.25, 0.3) is 0 Å². The lowest BCUT2D eigenvalue weighted by Gasteiger charge is -2.05. The van der Waals surface area contributed by atoms with Crippen LogP contribution in [-0.4, -0.2) is 43.5 Å². The lowest BCUT2D eigenvalue weighted by molar-refractivity contribution is -0.389. The smallest absolute Gasteiger partial charge is 0.389 e. The molecule has 0 atom stereocenters. The van der Waals surface area contributed by atoms with Gasteiger partial charge in [0, 0.05) is 13.5 Å². The molecule has 0 bridgehead atoms. The maximum atomic E-state index is 11.9. The van der Waals surface area contributed by atoms with Crippen molar-refractivity contribution in [1.82, 2.24) is 19.6 Å². The summed E-state index contributed by atoms with van der Waals surface area (Å²) in [6.07, 6.45) is 2.77. The molecule has 122 valence electrons. The third kappa shape index (κ3) is 3.70. The number of hydrogen-bond acceptors (Lipinski definition) is 7. The van der Waals surface area contributed by atoms with Gasteiger partial charge in [0.1, 0.15) is 0 Å². The number of esters is 1. The van der Waals surface area contributed by atoms with E-state index < -0.39 is 10.9 Å². The van der Waals surface area contributed by atoms with Crippen molar-refractivity contribution in [3.63, 3.8) is 0 Å². The average Bonchev–Trinajstić information content (AvgIpc) is 3.12. The minimum Gasteiger partial charge on any atom is -0.464 e. The van der Waals surface area contributed by atoms with Gasteiger partial charge in [-0.2, -0.15) is 9.78 Å². The van der Waals surface area contributed by atoms with Crippen LogP contribution in [0.2, 0.25) is 0 Å². The Morgan fingerprint density at radius 1 is 1.48 bits per heavy atom. The van der Waals surface area contributed by atoms with Gasteiger partial charge >= 0.3 is 11.8 Å². The third-order valence-corrected chi connectivity index (χ3v) is 2.97. The second kappa shape index (κ2) is 6.68. The minimum absolute atomic E-state index is 0.0222. The van der Waals surface area contributed by atoms with Crippen LogP contribution in [-0.2, 0) is 23.1 Å². The van der Waals surface area contributed by atoms with Crippen molar-refractivity contribution in [3.05, 3.63) is 34.3 Å². The fourth-order valence-corrected chi connectivity index (χ4v) is 1.87. The summed E-state index contributed by atoms with van der Waals surface area (Å²) in [5, 5.41) is 20.7. The zero-order valence-corrected chi connectivity index (χ0v) is 12.4. The summed E-state index contributed by atoms with van der Waals surface area (Å²) in [4.78, 5) is 33.5. The Bertz CT molecular complexity index is 749. The summed E-state index contributed by atoms with van der Waals surface area (Å²) >= 11 is 0. The summed E-state index contributed by atoms with van der Waals surface area (Å²) in [6, 6.07) is 1.24. The highest BCUT2D eigenvalue weighted by Gasteiger charge is 2.19. The molecule has 0 fully saturated rings. The number of carbonyl (C=O) groups is 2. The van der Waals surface area contributed by atoms with E-state index in [0.717, 1.165) is 0 Å². The molecule has 11 nitrogen and oxygen atoms in total. The molecule has 1 N–H and O–H groups in total. The summed E-state index contributed by atoms with van der Waals surface area (Å²) < 4.78 is 7.21. The van der Waals surface area contributed by atoms with Gasteiger partial charge in [0.05, 0.1) is 42.9 Å². The molecular formula is C12H14N6O5. The Balaban J connectivity index is 1.97. The standard InChI is InChI=1S/C12H14N6O5/c1-16-11(12(20)23-2)8(7-13-16)14-10(19)4-6-17-5-3-9(15-17)18(21)22/h3,5,7H,4,6H2,1-2H3,(H,14,19). The molecule has 23 heavy (non-hydrogen) atoms. The summed E-state index contributed by atoms with van der Waals surface area (Å²) in [7, 11) is 2.77. The number of nitrogens with zero attached hydrogens (tertiary/aromatic N) is 5. The average molecular weight is 322 g/mol. The van der Waals surface area contributed by atoms with E-state index in [1.165, 1.54) is 34.9 Å². The van der Waals surface area contributed by atoms with Crippen LogP contribution in [0.5, 0.6) is 0 Å². The fraction of sp³-hybridized carbons (Fsp3) is 0.333. The Morgan fingerprint density at radius 2 is 2.22 bits per heavy atom. The predicted octanol–water partition coefficient (Wildman–Crippen LogP) is 0.340. The first kappa shape index (κ1) is 16.1. The van der Waals surface area contributed by atoms with Gasteiger partial charge in [-0.15, -0.1) is 0 Å². The lowest BCUT2D eigenvalue weighted by atomic mass is 10.3. The summed E-state index contributed by atoms with van der Waals surface area (Å²) in [6.45, 7) is 0.160. The van der Waals surface area contributed by atoms with Crippen LogP contribution in [0.1, 0.15) is 16.9 Å². The molecule has 0 aliphatic carbocycles. The van der Waals surface area contributed by atoms with E-state index in [9.17, 15) is 19.7 Å². The number of anilines is 1. The summed E-state index contributed by atoms with van der Waals surface area (Å²) in [5.41, 5.74) is 0.353. The summed E-state index contributed by atoms with van der Waals surface area (Å²) in [5.74, 6) is -1.30. The van der Waals surface area contributed by atoms with Crippen molar-refractivity contribution in [3.8, 4) is 0 Å². The SMILES string of the molecule is COC(=O)c1c(NC(=O)CCn2ccc([N+](=O)[O-])n2)cnn1C. The van der Waals surface area contributed by atoms with E-state index in [1.54, 1.807) is 7.05 Å². The molecule has 0 unspecified atom stereocenters. The Morgan fingerprint density at radius 3 is 2.83 bits per heavy atom. The van der Waals surface area contributed by atoms with E-state index in [2.05, 4.69) is 20.3 Å². The van der Waals surface area contributed by atoms with Crippen molar-refractivity contribution in [1.29, 1.82) is 0 Å². The molecule has 0 aliphatic rings. The molecule has 2 heterocycles. The molecule has 2 rings (SSSR count). The minimum atomic E-state index is -0.622. The first-order valence-electron chi connectivity index (χ1n) is 6.50. The first-order valence-corrected chi connectivity index (χ1v) is 6.50. The van der Waals surface area contributed by atoms with E-state index in [-0.39, 0.29) is 36.1 Å². The number of carbonyl (C=O) groups excluding carboxylic acids is 2. The second-order valence-corrected chi connectivity index (χ2v) is 4.51. The fourth-order valence-electron chi connectivity index (χ4n) is 1.87. The maximum absolute atomic E-state index is 11.9. The normalized spacial score (nSPS) is 10.3. The van der Waals surface area contributed by atoms with Gasteiger partial charge in [-0.1, -0.05) is 0 Å². The van der Waals surface area contributed by atoms with Crippen LogP contribution in [0.4, 0.5) is 11.5 Å². The van der Waals surface area contributed by atoms with Crippen molar-refractivity contribution >= 4 is 23.4 Å². The Kier molecular flexibility index (Phi) is 4.69. The second-order valence-electron chi connectivity index (χ2n) is 4.51. The number of rotatable bonds is 6. The molecule has 2 aromatic rings. The zero-order valence-electron chi connectivity index (χ0n) is 12.4. The van der Waals surface area contributed by atoms with Crippen LogP contribution in [0.25, 0.3) is 0 Å². The quantitative estimate of drug-likeness (QED) is 0.460. The third-order valence-electron chi connectivity index (χ3n) is 2.97. The van der Waals surface area contributed by atoms with Gasteiger partial charge in [-0.3, -0.25) is 9.48 Å². The molecule has 0 aliphatic heterocycles. The number of aromatic nitrogens is 4. The van der Waals surface area contributed by atoms with Crippen molar-refractivity contribution < 1.29 is 19.2 Å². The van der Waals surface area contributed by atoms with Crippen LogP contribution in [0.15, 0.2) is 18.5 Å². The number of hydrogen-bond donors (Lipinski definition) is 1. The molecule has 0 radical (unpaired) electrons. The predicted molar refractivity (Wildman–Crippen MR) is 76.7 cm³/mol. The topological polar surface area (TPSA) is 134 Å². The van der Waals surface area contributed by atoms with Crippen molar-refractivity contribution in [2.45, 2.75) is 13.0 Å². The van der Waals surface area contributed by atoms with Crippen LogP contribution in [0, 0.1) is 10.1 Å². The molecule has 0 saturated carbocycles. The highest BCUT2D eigenvalue weighted by molar-refractivity contribution is 5.99. The maximum Gasteiger partial charge on any atom is 0.389 e. The van der Waals surface area contributed by atoms with E-state index >= 15 is 0 Å².